The van der Waals surface area contributed by atoms with Crippen molar-refractivity contribution >= 4 is 27.4 Å². The molecule has 1 N–H and O–H groups in total. The summed E-state index contributed by atoms with van der Waals surface area (Å²) in [5.41, 5.74) is 2.35. The quantitative estimate of drug-likeness (QED) is 0.652. The first kappa shape index (κ1) is 16.7. The number of amides is 1. The predicted molar refractivity (Wildman–Crippen MR) is 102 cm³/mol. The number of aliphatic hydroxyl groups is 1. The van der Waals surface area contributed by atoms with Gasteiger partial charge in [-0.05, 0) is 35.4 Å². The average molecular weight is 410 g/mol. The number of hydrogen-bond acceptors (Lipinski definition) is 3. The summed E-state index contributed by atoms with van der Waals surface area (Å²) in [6.07, 6.45) is 1.58. The highest BCUT2D eigenvalue weighted by atomic mass is 79.9. The van der Waals surface area contributed by atoms with Gasteiger partial charge in [-0.25, -0.2) is 0 Å². The SMILES string of the molecule is O=C1C(O)=C(c2ccccc2)[C@@H](c2cccc(Br)c2)N1Cc1ccco1. The van der Waals surface area contributed by atoms with E-state index >= 15 is 0 Å². The molecular formula is C21H16BrNO3. The molecule has 130 valence electrons. The van der Waals surface area contributed by atoms with Crippen molar-refractivity contribution < 1.29 is 14.3 Å². The lowest BCUT2D eigenvalue weighted by Crippen LogP contribution is -2.29. The predicted octanol–water partition coefficient (Wildman–Crippen LogP) is 5.09. The molecule has 0 spiro atoms. The third-order valence-corrected chi connectivity index (χ3v) is 4.95. The van der Waals surface area contributed by atoms with E-state index in [1.54, 1.807) is 17.2 Å². The highest BCUT2D eigenvalue weighted by Gasteiger charge is 2.41. The molecule has 4 nitrogen and oxygen atoms in total. The minimum absolute atomic E-state index is 0.215. The van der Waals surface area contributed by atoms with E-state index in [1.165, 1.54) is 0 Å². The molecule has 1 aliphatic rings. The van der Waals surface area contributed by atoms with Crippen LogP contribution in [-0.2, 0) is 11.3 Å². The van der Waals surface area contributed by atoms with Crippen molar-refractivity contribution in [2.75, 3.05) is 0 Å². The van der Waals surface area contributed by atoms with Crippen LogP contribution in [0.5, 0.6) is 0 Å². The standard InChI is InChI=1S/C21H16BrNO3/c22-16-9-4-8-15(12-16)19-18(14-6-2-1-3-7-14)20(24)21(25)23(19)13-17-10-5-11-26-17/h1-12,19,24H,13H2/t19-/m1/s1. The van der Waals surface area contributed by atoms with Gasteiger partial charge >= 0.3 is 0 Å². The molecule has 1 amide bonds. The third kappa shape index (κ3) is 2.95. The second-order valence-corrected chi connectivity index (χ2v) is 7.01. The summed E-state index contributed by atoms with van der Waals surface area (Å²) in [5, 5.41) is 10.7. The summed E-state index contributed by atoms with van der Waals surface area (Å²) >= 11 is 3.50. The molecule has 1 aromatic heterocycles. The lowest BCUT2D eigenvalue weighted by atomic mass is 9.93. The summed E-state index contributed by atoms with van der Waals surface area (Å²) in [7, 11) is 0. The molecule has 0 bridgehead atoms. The Morgan fingerprint density at radius 1 is 1.04 bits per heavy atom. The van der Waals surface area contributed by atoms with Crippen LogP contribution in [0, 0.1) is 0 Å². The van der Waals surface area contributed by atoms with Gasteiger partial charge in [0, 0.05) is 10.0 Å². The first-order valence-corrected chi connectivity index (χ1v) is 9.02. The molecule has 1 atom stereocenters. The van der Waals surface area contributed by atoms with Crippen molar-refractivity contribution in [3.8, 4) is 0 Å². The Labute approximate surface area is 159 Å². The fraction of sp³-hybridized carbons (Fsp3) is 0.0952. The summed E-state index contributed by atoms with van der Waals surface area (Å²) in [6, 6.07) is 20.5. The number of carbonyl (C=O) groups excluding carboxylic acids is 1. The van der Waals surface area contributed by atoms with Crippen molar-refractivity contribution in [3.05, 3.63) is 100 Å². The Kier molecular flexibility index (Phi) is 4.39. The van der Waals surface area contributed by atoms with Gasteiger partial charge in [-0.3, -0.25) is 4.79 Å². The van der Waals surface area contributed by atoms with Gasteiger partial charge in [0.1, 0.15) is 5.76 Å². The molecule has 26 heavy (non-hydrogen) atoms. The van der Waals surface area contributed by atoms with Crippen LogP contribution in [0.2, 0.25) is 0 Å². The van der Waals surface area contributed by atoms with Crippen molar-refractivity contribution in [1.29, 1.82) is 0 Å². The molecule has 2 aromatic carbocycles. The average Bonchev–Trinajstić information content (AvgIpc) is 3.25. The van der Waals surface area contributed by atoms with E-state index in [2.05, 4.69) is 15.9 Å². The van der Waals surface area contributed by atoms with Crippen molar-refractivity contribution in [3.63, 3.8) is 0 Å². The Hall–Kier alpha value is -2.79. The van der Waals surface area contributed by atoms with Gasteiger partial charge in [-0.2, -0.15) is 0 Å². The van der Waals surface area contributed by atoms with Crippen LogP contribution < -0.4 is 0 Å². The second kappa shape index (κ2) is 6.84. The van der Waals surface area contributed by atoms with E-state index in [-0.39, 0.29) is 12.3 Å². The van der Waals surface area contributed by atoms with Gasteiger partial charge in [-0.1, -0.05) is 58.4 Å². The fourth-order valence-corrected chi connectivity index (χ4v) is 3.74. The van der Waals surface area contributed by atoms with E-state index in [0.717, 1.165) is 15.6 Å². The van der Waals surface area contributed by atoms with E-state index in [4.69, 9.17) is 4.42 Å². The molecule has 0 saturated carbocycles. The minimum atomic E-state index is -0.398. The molecule has 0 radical (unpaired) electrons. The molecule has 1 aliphatic heterocycles. The maximum absolute atomic E-state index is 12.8. The fourth-order valence-electron chi connectivity index (χ4n) is 3.32. The van der Waals surface area contributed by atoms with E-state index in [0.29, 0.717) is 11.3 Å². The summed E-state index contributed by atoms with van der Waals surface area (Å²) in [6.45, 7) is 0.281. The zero-order valence-corrected chi connectivity index (χ0v) is 15.4. The number of benzene rings is 2. The van der Waals surface area contributed by atoms with E-state index in [9.17, 15) is 9.90 Å². The Balaban J connectivity index is 1.84. The first-order valence-electron chi connectivity index (χ1n) is 8.22. The number of hydrogen-bond donors (Lipinski definition) is 1. The smallest absolute Gasteiger partial charge is 0.290 e. The van der Waals surface area contributed by atoms with Crippen LogP contribution in [0.3, 0.4) is 0 Å². The summed E-state index contributed by atoms with van der Waals surface area (Å²) in [5.74, 6) is 0.0541. The van der Waals surface area contributed by atoms with Gasteiger partial charge in [0.15, 0.2) is 5.76 Å². The normalized spacial score (nSPS) is 17.2. The molecule has 2 heterocycles. The van der Waals surface area contributed by atoms with Crippen LogP contribution in [0.25, 0.3) is 5.57 Å². The van der Waals surface area contributed by atoms with Crippen LogP contribution in [0.1, 0.15) is 22.9 Å². The molecule has 0 unspecified atom stereocenters. The Morgan fingerprint density at radius 2 is 1.85 bits per heavy atom. The Morgan fingerprint density at radius 3 is 2.54 bits per heavy atom. The summed E-state index contributed by atoms with van der Waals surface area (Å²) < 4.78 is 6.34. The van der Waals surface area contributed by atoms with E-state index in [1.807, 2.05) is 60.7 Å². The van der Waals surface area contributed by atoms with Crippen molar-refractivity contribution in [1.82, 2.24) is 4.90 Å². The summed E-state index contributed by atoms with van der Waals surface area (Å²) in [4.78, 5) is 14.5. The molecule has 0 fully saturated rings. The topological polar surface area (TPSA) is 53.7 Å². The first-order chi connectivity index (χ1) is 12.6. The molecule has 0 saturated heterocycles. The monoisotopic (exact) mass is 409 g/mol. The van der Waals surface area contributed by atoms with Gasteiger partial charge in [0.25, 0.3) is 5.91 Å². The lowest BCUT2D eigenvalue weighted by molar-refractivity contribution is -0.130. The zero-order valence-electron chi connectivity index (χ0n) is 13.8. The maximum Gasteiger partial charge on any atom is 0.290 e. The second-order valence-electron chi connectivity index (χ2n) is 6.10. The maximum atomic E-state index is 12.8. The van der Waals surface area contributed by atoms with Gasteiger partial charge in [-0.15, -0.1) is 0 Å². The molecule has 3 aromatic rings. The van der Waals surface area contributed by atoms with Gasteiger partial charge in [0.05, 0.1) is 18.8 Å². The number of halogens is 1. The zero-order chi connectivity index (χ0) is 18.1. The number of nitrogens with zero attached hydrogens (tertiary/aromatic N) is 1. The third-order valence-electron chi connectivity index (χ3n) is 4.46. The highest BCUT2D eigenvalue weighted by Crippen LogP contribution is 2.44. The minimum Gasteiger partial charge on any atom is -0.503 e. The van der Waals surface area contributed by atoms with Crippen LogP contribution in [0.4, 0.5) is 0 Å². The highest BCUT2D eigenvalue weighted by molar-refractivity contribution is 9.10. The van der Waals surface area contributed by atoms with Gasteiger partial charge in [0.2, 0.25) is 0 Å². The van der Waals surface area contributed by atoms with Crippen LogP contribution in [0.15, 0.2) is 87.6 Å². The number of rotatable bonds is 4. The number of aliphatic hydroxyl groups excluding tert-OH is 1. The van der Waals surface area contributed by atoms with Crippen LogP contribution in [-0.4, -0.2) is 15.9 Å². The Bertz CT molecular complexity index is 964. The molecule has 4 rings (SSSR count). The number of furan rings is 1. The van der Waals surface area contributed by atoms with Crippen LogP contribution >= 0.6 is 15.9 Å². The molecule has 0 aliphatic carbocycles. The molecule has 5 heteroatoms. The largest absolute Gasteiger partial charge is 0.503 e. The van der Waals surface area contributed by atoms with E-state index < -0.39 is 11.9 Å². The lowest BCUT2D eigenvalue weighted by Gasteiger charge is -2.26. The van der Waals surface area contributed by atoms with Crippen molar-refractivity contribution in [2.45, 2.75) is 12.6 Å². The van der Waals surface area contributed by atoms with Gasteiger partial charge < -0.3 is 14.4 Å². The van der Waals surface area contributed by atoms with Crippen molar-refractivity contribution in [2.24, 2.45) is 0 Å². The molecular weight excluding hydrogens is 394 g/mol. The number of carbonyl (C=O) groups is 1.